The standard InChI is InChI=1S/C12H15BrN4O2/c1-8(2)9(7-17-6-5-14-16-17)15-12(18)10-3-4-11(13)19-10/h3-6,8-9H,7H2,1-2H3,(H,15,18)/t9-/m0/s1. The van der Waals surface area contributed by atoms with Crippen LogP contribution in [0.3, 0.4) is 0 Å². The van der Waals surface area contributed by atoms with E-state index in [4.69, 9.17) is 4.42 Å². The highest BCUT2D eigenvalue weighted by atomic mass is 79.9. The Bertz CT molecular complexity index is 536. The predicted molar refractivity (Wildman–Crippen MR) is 72.5 cm³/mol. The zero-order valence-corrected chi connectivity index (χ0v) is 12.3. The molecule has 0 aliphatic rings. The molecule has 19 heavy (non-hydrogen) atoms. The summed E-state index contributed by atoms with van der Waals surface area (Å²) in [5.41, 5.74) is 0. The highest BCUT2D eigenvalue weighted by Gasteiger charge is 2.20. The van der Waals surface area contributed by atoms with Gasteiger partial charge >= 0.3 is 0 Å². The minimum atomic E-state index is -0.232. The summed E-state index contributed by atoms with van der Waals surface area (Å²) in [6.45, 7) is 4.66. The van der Waals surface area contributed by atoms with Gasteiger partial charge in [-0.15, -0.1) is 5.10 Å². The zero-order valence-electron chi connectivity index (χ0n) is 10.7. The maximum atomic E-state index is 12.0. The van der Waals surface area contributed by atoms with Crippen LogP contribution < -0.4 is 5.32 Å². The number of hydrogen-bond donors (Lipinski definition) is 1. The van der Waals surface area contributed by atoms with Crippen LogP contribution in [-0.4, -0.2) is 26.9 Å². The van der Waals surface area contributed by atoms with Gasteiger partial charge in [0.2, 0.25) is 0 Å². The van der Waals surface area contributed by atoms with E-state index in [1.807, 2.05) is 13.8 Å². The normalized spacial score (nSPS) is 12.6. The largest absolute Gasteiger partial charge is 0.444 e. The SMILES string of the molecule is CC(C)[C@H](Cn1ccnn1)NC(=O)c1ccc(Br)o1. The second-order valence-corrected chi connectivity index (χ2v) is 5.33. The zero-order chi connectivity index (χ0) is 13.8. The van der Waals surface area contributed by atoms with Crippen molar-refractivity contribution in [3.63, 3.8) is 0 Å². The van der Waals surface area contributed by atoms with Crippen LogP contribution in [0.1, 0.15) is 24.4 Å². The molecule has 0 aliphatic carbocycles. The van der Waals surface area contributed by atoms with E-state index in [2.05, 4.69) is 31.6 Å². The molecule has 0 spiro atoms. The molecule has 0 saturated carbocycles. The van der Waals surface area contributed by atoms with E-state index in [0.717, 1.165) is 0 Å². The molecule has 0 fully saturated rings. The van der Waals surface area contributed by atoms with Crippen LogP contribution >= 0.6 is 15.9 Å². The molecule has 6 nitrogen and oxygen atoms in total. The number of carbonyl (C=O) groups is 1. The molecule has 7 heteroatoms. The van der Waals surface area contributed by atoms with E-state index in [0.29, 0.717) is 11.2 Å². The van der Waals surface area contributed by atoms with Crippen LogP contribution in [0.2, 0.25) is 0 Å². The van der Waals surface area contributed by atoms with Gasteiger partial charge in [-0.3, -0.25) is 9.48 Å². The molecule has 102 valence electrons. The lowest BCUT2D eigenvalue weighted by atomic mass is 10.0. The lowest BCUT2D eigenvalue weighted by Gasteiger charge is -2.21. The third-order valence-electron chi connectivity index (χ3n) is 2.77. The number of carbonyl (C=O) groups excluding carboxylic acids is 1. The van der Waals surface area contributed by atoms with Gasteiger partial charge in [0, 0.05) is 6.20 Å². The lowest BCUT2D eigenvalue weighted by Crippen LogP contribution is -2.41. The quantitative estimate of drug-likeness (QED) is 0.913. The summed E-state index contributed by atoms with van der Waals surface area (Å²) in [6, 6.07) is 3.28. The third kappa shape index (κ3) is 3.66. The molecule has 2 heterocycles. The van der Waals surface area contributed by atoms with Crippen molar-refractivity contribution in [3.8, 4) is 0 Å². The summed E-state index contributed by atoms with van der Waals surface area (Å²) in [7, 11) is 0. The number of amides is 1. The van der Waals surface area contributed by atoms with Crippen molar-refractivity contribution in [3.05, 3.63) is 35.0 Å². The number of nitrogens with zero attached hydrogens (tertiary/aromatic N) is 3. The van der Waals surface area contributed by atoms with E-state index in [1.54, 1.807) is 29.2 Å². The Morgan fingerprint density at radius 2 is 2.32 bits per heavy atom. The fourth-order valence-corrected chi connectivity index (χ4v) is 1.94. The van der Waals surface area contributed by atoms with Crippen molar-refractivity contribution in [1.82, 2.24) is 20.3 Å². The van der Waals surface area contributed by atoms with Crippen LogP contribution in [0.5, 0.6) is 0 Å². The fourth-order valence-electron chi connectivity index (χ4n) is 1.63. The summed E-state index contributed by atoms with van der Waals surface area (Å²) in [5, 5.41) is 10.6. The maximum absolute atomic E-state index is 12.0. The first kappa shape index (κ1) is 13.8. The molecule has 1 amide bonds. The fraction of sp³-hybridized carbons (Fsp3) is 0.417. The number of furan rings is 1. The van der Waals surface area contributed by atoms with Crippen LogP contribution in [0, 0.1) is 5.92 Å². The molecule has 2 rings (SSSR count). The van der Waals surface area contributed by atoms with Crippen molar-refractivity contribution in [1.29, 1.82) is 0 Å². The molecular formula is C12H15BrN4O2. The first-order chi connectivity index (χ1) is 9.06. The Kier molecular flexibility index (Phi) is 4.36. The number of rotatable bonds is 5. The van der Waals surface area contributed by atoms with Crippen molar-refractivity contribution in [2.45, 2.75) is 26.4 Å². The predicted octanol–water partition coefficient (Wildman–Crippen LogP) is 2.09. The van der Waals surface area contributed by atoms with E-state index >= 15 is 0 Å². The van der Waals surface area contributed by atoms with Crippen molar-refractivity contribution < 1.29 is 9.21 Å². The van der Waals surface area contributed by atoms with E-state index in [1.165, 1.54) is 0 Å². The summed E-state index contributed by atoms with van der Waals surface area (Å²) in [6.07, 6.45) is 3.38. The summed E-state index contributed by atoms with van der Waals surface area (Å²) in [4.78, 5) is 12.0. The van der Waals surface area contributed by atoms with Gasteiger partial charge in [-0.25, -0.2) is 0 Å². The van der Waals surface area contributed by atoms with Gasteiger partial charge in [-0.05, 0) is 34.0 Å². The molecule has 0 aliphatic heterocycles. The first-order valence-corrected chi connectivity index (χ1v) is 6.76. The Morgan fingerprint density at radius 1 is 1.53 bits per heavy atom. The minimum absolute atomic E-state index is 0.0434. The van der Waals surface area contributed by atoms with Crippen molar-refractivity contribution in [2.75, 3.05) is 0 Å². The first-order valence-electron chi connectivity index (χ1n) is 5.96. The molecule has 2 aromatic heterocycles. The average Bonchev–Trinajstić information content (AvgIpc) is 2.99. The summed E-state index contributed by atoms with van der Waals surface area (Å²) >= 11 is 3.18. The van der Waals surface area contributed by atoms with Gasteiger partial charge in [0.15, 0.2) is 10.4 Å². The third-order valence-corrected chi connectivity index (χ3v) is 3.20. The lowest BCUT2D eigenvalue weighted by molar-refractivity contribution is 0.0889. The topological polar surface area (TPSA) is 73.0 Å². The summed E-state index contributed by atoms with van der Waals surface area (Å²) < 4.78 is 7.47. The number of hydrogen-bond acceptors (Lipinski definition) is 4. The Balaban J connectivity index is 2.02. The van der Waals surface area contributed by atoms with Gasteiger partial charge < -0.3 is 9.73 Å². The van der Waals surface area contributed by atoms with Crippen molar-refractivity contribution >= 4 is 21.8 Å². The smallest absolute Gasteiger partial charge is 0.287 e. The van der Waals surface area contributed by atoms with Crippen LogP contribution in [0.25, 0.3) is 0 Å². The molecule has 0 saturated heterocycles. The van der Waals surface area contributed by atoms with E-state index in [9.17, 15) is 4.79 Å². The second kappa shape index (κ2) is 6.01. The number of nitrogens with one attached hydrogen (secondary N) is 1. The molecule has 2 aromatic rings. The molecule has 0 bridgehead atoms. The Hall–Kier alpha value is -1.63. The average molecular weight is 327 g/mol. The van der Waals surface area contributed by atoms with Gasteiger partial charge in [0.1, 0.15) is 0 Å². The van der Waals surface area contributed by atoms with E-state index in [-0.39, 0.29) is 23.6 Å². The highest BCUT2D eigenvalue weighted by molar-refractivity contribution is 9.10. The number of aromatic nitrogens is 3. The molecule has 1 atom stereocenters. The van der Waals surface area contributed by atoms with Gasteiger partial charge in [0.05, 0.1) is 18.8 Å². The molecule has 1 N–H and O–H groups in total. The minimum Gasteiger partial charge on any atom is -0.444 e. The molecular weight excluding hydrogens is 312 g/mol. The van der Waals surface area contributed by atoms with Crippen molar-refractivity contribution in [2.24, 2.45) is 5.92 Å². The second-order valence-electron chi connectivity index (χ2n) is 4.55. The van der Waals surface area contributed by atoms with Gasteiger partial charge in [-0.1, -0.05) is 19.1 Å². The monoisotopic (exact) mass is 326 g/mol. The van der Waals surface area contributed by atoms with Gasteiger partial charge in [-0.2, -0.15) is 0 Å². The Labute approximate surface area is 119 Å². The van der Waals surface area contributed by atoms with Gasteiger partial charge in [0.25, 0.3) is 5.91 Å². The molecule has 0 unspecified atom stereocenters. The maximum Gasteiger partial charge on any atom is 0.287 e. The van der Waals surface area contributed by atoms with E-state index < -0.39 is 0 Å². The summed E-state index contributed by atoms with van der Waals surface area (Å²) in [5.74, 6) is 0.326. The molecule has 0 aromatic carbocycles. The molecule has 0 radical (unpaired) electrons. The van der Waals surface area contributed by atoms with Crippen LogP contribution in [-0.2, 0) is 6.54 Å². The Morgan fingerprint density at radius 3 is 2.84 bits per heavy atom. The van der Waals surface area contributed by atoms with Crippen LogP contribution in [0.4, 0.5) is 0 Å². The number of halogens is 1. The van der Waals surface area contributed by atoms with Crippen LogP contribution in [0.15, 0.2) is 33.6 Å². The highest BCUT2D eigenvalue weighted by Crippen LogP contribution is 2.14.